The molecule has 170 valence electrons. The van der Waals surface area contributed by atoms with Crippen molar-refractivity contribution in [3.05, 3.63) is 72.6 Å². The van der Waals surface area contributed by atoms with Crippen LogP contribution in [0.15, 0.2) is 72.1 Å². The maximum Gasteiger partial charge on any atom is 0.237 e. The quantitative estimate of drug-likeness (QED) is 0.315. The summed E-state index contributed by atoms with van der Waals surface area (Å²) in [6.45, 7) is 3.94. The van der Waals surface area contributed by atoms with Crippen LogP contribution >= 0.6 is 23.1 Å². The van der Waals surface area contributed by atoms with Gasteiger partial charge in [-0.1, -0.05) is 17.8 Å². The lowest BCUT2D eigenvalue weighted by molar-refractivity contribution is -0.115. The Balaban J connectivity index is 1.25. The second-order valence-electron chi connectivity index (χ2n) is 7.92. The van der Waals surface area contributed by atoms with Crippen LogP contribution in [0.1, 0.15) is 12.5 Å². The van der Waals surface area contributed by atoms with Gasteiger partial charge in [-0.2, -0.15) is 0 Å². The number of amides is 1. The van der Waals surface area contributed by atoms with Gasteiger partial charge in [-0.25, -0.2) is 4.98 Å². The lowest BCUT2D eigenvalue weighted by Gasteiger charge is -2.12. The van der Waals surface area contributed by atoms with Crippen molar-refractivity contribution in [3.63, 3.8) is 0 Å². The Morgan fingerprint density at radius 1 is 1.09 bits per heavy atom. The number of anilines is 1. The van der Waals surface area contributed by atoms with E-state index in [-0.39, 0.29) is 11.2 Å². The smallest absolute Gasteiger partial charge is 0.237 e. The number of aromatic nitrogens is 5. The minimum atomic E-state index is -0.350. The number of hydrogen-bond donors (Lipinski definition) is 1. The number of hydrogen-bond acceptors (Lipinski definition) is 7. The highest BCUT2D eigenvalue weighted by molar-refractivity contribution is 8.00. The van der Waals surface area contributed by atoms with E-state index in [9.17, 15) is 4.79 Å². The van der Waals surface area contributed by atoms with E-state index >= 15 is 0 Å². The number of fused-ring (bicyclic) bond motifs is 1. The van der Waals surface area contributed by atoms with Crippen LogP contribution in [0.2, 0.25) is 0 Å². The molecule has 1 unspecified atom stereocenters. The van der Waals surface area contributed by atoms with Gasteiger partial charge in [-0.05, 0) is 67.9 Å². The van der Waals surface area contributed by atoms with Crippen LogP contribution in [-0.2, 0) is 11.8 Å². The highest BCUT2D eigenvalue weighted by Gasteiger charge is 2.20. The highest BCUT2D eigenvalue weighted by Crippen LogP contribution is 2.31. The molecule has 1 N–H and O–H groups in total. The molecule has 9 heteroatoms. The number of benzene rings is 2. The first kappa shape index (κ1) is 22.2. The zero-order valence-corrected chi connectivity index (χ0v) is 20.5. The number of pyridine rings is 1. The van der Waals surface area contributed by atoms with Gasteiger partial charge in [-0.15, -0.1) is 21.5 Å². The molecule has 7 nitrogen and oxygen atoms in total. The third-order valence-electron chi connectivity index (χ3n) is 5.35. The van der Waals surface area contributed by atoms with Crippen molar-refractivity contribution in [2.24, 2.45) is 7.05 Å². The fraction of sp³-hybridized carbons (Fsp3) is 0.160. The molecular formula is C25H22N6OS2. The van der Waals surface area contributed by atoms with E-state index < -0.39 is 0 Å². The van der Waals surface area contributed by atoms with Gasteiger partial charge >= 0.3 is 0 Å². The van der Waals surface area contributed by atoms with Gasteiger partial charge in [0.05, 0.1) is 15.5 Å². The Morgan fingerprint density at radius 3 is 2.68 bits per heavy atom. The molecule has 0 fully saturated rings. The third kappa shape index (κ3) is 4.57. The van der Waals surface area contributed by atoms with Gasteiger partial charge in [0.1, 0.15) is 5.01 Å². The Morgan fingerprint density at radius 2 is 1.91 bits per heavy atom. The number of thiazole rings is 1. The standard InChI is InChI=1S/C25H22N6OS2/c1-15-6-11-20-21(13-15)34-24(28-20)17-7-9-19(10-8-17)27-23(32)16(2)33-25-30-29-22(31(25)3)18-5-4-12-26-14-18/h4-14,16H,1-3H3,(H,27,32). The van der Waals surface area contributed by atoms with Crippen molar-refractivity contribution in [2.75, 3.05) is 5.32 Å². The summed E-state index contributed by atoms with van der Waals surface area (Å²) in [6, 6.07) is 17.9. The summed E-state index contributed by atoms with van der Waals surface area (Å²) in [4.78, 5) is 21.7. The molecule has 34 heavy (non-hydrogen) atoms. The lowest BCUT2D eigenvalue weighted by atomic mass is 10.2. The van der Waals surface area contributed by atoms with Crippen LogP contribution in [-0.4, -0.2) is 35.9 Å². The van der Waals surface area contributed by atoms with Crippen molar-refractivity contribution < 1.29 is 4.79 Å². The van der Waals surface area contributed by atoms with E-state index in [0.29, 0.717) is 11.0 Å². The minimum absolute atomic E-state index is 0.0980. The van der Waals surface area contributed by atoms with Gasteiger partial charge in [0.15, 0.2) is 11.0 Å². The largest absolute Gasteiger partial charge is 0.325 e. The monoisotopic (exact) mass is 486 g/mol. The van der Waals surface area contributed by atoms with E-state index in [0.717, 1.165) is 27.3 Å². The number of aryl methyl sites for hydroxylation is 1. The van der Waals surface area contributed by atoms with E-state index in [4.69, 9.17) is 4.98 Å². The Kier molecular flexibility index (Phi) is 6.12. The summed E-state index contributed by atoms with van der Waals surface area (Å²) >= 11 is 3.04. The maximum absolute atomic E-state index is 12.8. The summed E-state index contributed by atoms with van der Waals surface area (Å²) in [7, 11) is 1.89. The fourth-order valence-electron chi connectivity index (χ4n) is 3.47. The first-order valence-corrected chi connectivity index (χ1v) is 12.4. The zero-order chi connectivity index (χ0) is 23.7. The summed E-state index contributed by atoms with van der Waals surface area (Å²) in [5.41, 5.74) is 4.88. The summed E-state index contributed by atoms with van der Waals surface area (Å²) in [5.74, 6) is 0.614. The first-order chi connectivity index (χ1) is 16.5. The van der Waals surface area contributed by atoms with Crippen molar-refractivity contribution >= 4 is 44.9 Å². The third-order valence-corrected chi connectivity index (χ3v) is 7.55. The molecule has 0 bridgehead atoms. The van der Waals surface area contributed by atoms with Gasteiger partial charge in [0.25, 0.3) is 0 Å². The summed E-state index contributed by atoms with van der Waals surface area (Å²) in [5, 5.41) is 12.8. The molecule has 0 aliphatic heterocycles. The molecule has 5 rings (SSSR count). The van der Waals surface area contributed by atoms with Crippen LogP contribution in [0.3, 0.4) is 0 Å². The number of carbonyl (C=O) groups is 1. The Hall–Kier alpha value is -3.56. The van der Waals surface area contributed by atoms with Crippen molar-refractivity contribution in [2.45, 2.75) is 24.3 Å². The fourth-order valence-corrected chi connectivity index (χ4v) is 5.35. The zero-order valence-electron chi connectivity index (χ0n) is 18.9. The van der Waals surface area contributed by atoms with Gasteiger partial charge in [0.2, 0.25) is 5.91 Å². The molecule has 1 atom stereocenters. The van der Waals surface area contributed by atoms with E-state index in [1.807, 2.05) is 54.9 Å². The SMILES string of the molecule is Cc1ccc2nc(-c3ccc(NC(=O)C(C)Sc4nnc(-c5cccnc5)n4C)cc3)sc2c1. The van der Waals surface area contributed by atoms with Crippen molar-refractivity contribution in [1.82, 2.24) is 24.7 Å². The highest BCUT2D eigenvalue weighted by atomic mass is 32.2. The number of rotatable bonds is 6. The van der Waals surface area contributed by atoms with E-state index in [1.165, 1.54) is 22.0 Å². The van der Waals surface area contributed by atoms with Crippen molar-refractivity contribution in [3.8, 4) is 22.0 Å². The van der Waals surface area contributed by atoms with E-state index in [2.05, 4.69) is 45.6 Å². The van der Waals surface area contributed by atoms with Crippen LogP contribution in [0, 0.1) is 6.92 Å². The van der Waals surface area contributed by atoms with Crippen LogP contribution in [0.4, 0.5) is 5.69 Å². The molecular weight excluding hydrogens is 464 g/mol. The molecule has 0 saturated heterocycles. The Labute approximate surface area is 205 Å². The Bertz CT molecular complexity index is 1460. The van der Waals surface area contributed by atoms with Crippen molar-refractivity contribution in [1.29, 1.82) is 0 Å². The van der Waals surface area contributed by atoms with Gasteiger partial charge in [-0.3, -0.25) is 9.78 Å². The first-order valence-electron chi connectivity index (χ1n) is 10.7. The van der Waals surface area contributed by atoms with Gasteiger partial charge < -0.3 is 9.88 Å². The molecule has 5 aromatic rings. The maximum atomic E-state index is 12.8. The number of carbonyl (C=O) groups excluding carboxylic acids is 1. The second-order valence-corrected chi connectivity index (χ2v) is 10.3. The second kappa shape index (κ2) is 9.36. The molecule has 0 aliphatic rings. The molecule has 0 saturated carbocycles. The predicted octanol–water partition coefficient (Wildman–Crippen LogP) is 5.58. The average Bonchev–Trinajstić information content (AvgIpc) is 3.43. The molecule has 0 radical (unpaired) electrons. The molecule has 0 aliphatic carbocycles. The molecule has 3 aromatic heterocycles. The molecule has 3 heterocycles. The average molecular weight is 487 g/mol. The summed E-state index contributed by atoms with van der Waals surface area (Å²) in [6.07, 6.45) is 3.46. The lowest BCUT2D eigenvalue weighted by Crippen LogP contribution is -2.22. The topological polar surface area (TPSA) is 85.6 Å². The number of nitrogens with one attached hydrogen (secondary N) is 1. The molecule has 2 aromatic carbocycles. The number of thioether (sulfide) groups is 1. The van der Waals surface area contributed by atoms with Crippen LogP contribution < -0.4 is 5.32 Å². The molecule has 1 amide bonds. The van der Waals surface area contributed by atoms with Crippen LogP contribution in [0.25, 0.3) is 32.2 Å². The normalized spacial score (nSPS) is 12.1. The predicted molar refractivity (Wildman–Crippen MR) is 138 cm³/mol. The minimum Gasteiger partial charge on any atom is -0.325 e. The molecule has 0 spiro atoms. The van der Waals surface area contributed by atoms with Gasteiger partial charge in [0, 0.05) is 36.3 Å². The van der Waals surface area contributed by atoms with E-state index in [1.54, 1.807) is 23.7 Å². The van der Waals surface area contributed by atoms with Crippen LogP contribution in [0.5, 0.6) is 0 Å². The summed E-state index contributed by atoms with van der Waals surface area (Å²) < 4.78 is 3.05. The number of nitrogens with zero attached hydrogens (tertiary/aromatic N) is 5.